The number of piperidine rings is 1. The Morgan fingerprint density at radius 2 is 1.86 bits per heavy atom. The SMILES string of the molecule is CCC(C)C(C(CC(=O)N1CCCC1C(OC)C(C)C(=O)NC(Cc1cccc(N)c1)c1nccs1)OC)N(C)C(=O)C(NC(=O)C1NC2CCC1C2)C(C)C. The second-order valence-electron chi connectivity index (χ2n) is 16.6. The number of carbonyl (C=O) groups excluding carboxylic acids is 4. The van der Waals surface area contributed by atoms with Gasteiger partial charge in [0.25, 0.3) is 0 Å². The Kier molecular flexibility index (Phi) is 15.3. The number of amides is 4. The van der Waals surface area contributed by atoms with Crippen molar-refractivity contribution in [2.75, 3.05) is 33.5 Å². The van der Waals surface area contributed by atoms with Gasteiger partial charge in [0.15, 0.2) is 0 Å². The van der Waals surface area contributed by atoms with E-state index in [2.05, 4.69) is 34.8 Å². The molecule has 5 N–H and O–H groups in total. The van der Waals surface area contributed by atoms with Crippen LogP contribution in [0.1, 0.15) is 96.2 Å². The lowest BCUT2D eigenvalue weighted by Gasteiger charge is -2.41. The van der Waals surface area contributed by atoms with Crippen molar-refractivity contribution in [1.82, 2.24) is 30.7 Å². The van der Waals surface area contributed by atoms with E-state index in [1.807, 2.05) is 55.3 Å². The number of nitrogen functional groups attached to an aromatic ring is 1. The number of benzene rings is 1. The van der Waals surface area contributed by atoms with Gasteiger partial charge in [-0.3, -0.25) is 19.2 Å². The van der Waals surface area contributed by atoms with Crippen LogP contribution in [0.3, 0.4) is 0 Å². The fraction of sp³-hybridized carbons (Fsp3) is 0.690. The molecule has 11 unspecified atom stereocenters. The predicted octanol–water partition coefficient (Wildman–Crippen LogP) is 4.33. The Labute approximate surface area is 337 Å². The lowest BCUT2D eigenvalue weighted by atomic mass is 9.89. The molecule has 56 heavy (non-hydrogen) atoms. The van der Waals surface area contributed by atoms with Crippen LogP contribution >= 0.6 is 11.3 Å². The van der Waals surface area contributed by atoms with Gasteiger partial charge >= 0.3 is 0 Å². The molecule has 14 heteroatoms. The Morgan fingerprint density at radius 1 is 1.09 bits per heavy atom. The first-order chi connectivity index (χ1) is 26.8. The highest BCUT2D eigenvalue weighted by Crippen LogP contribution is 2.36. The molecule has 2 bridgehead atoms. The van der Waals surface area contributed by atoms with Gasteiger partial charge in [-0.15, -0.1) is 11.3 Å². The molecular formula is C42H65N7O6S. The van der Waals surface area contributed by atoms with E-state index in [1.54, 1.807) is 32.4 Å². The van der Waals surface area contributed by atoms with Gasteiger partial charge in [0.05, 0.1) is 48.7 Å². The van der Waals surface area contributed by atoms with Gasteiger partial charge in [-0.25, -0.2) is 4.98 Å². The number of carbonyl (C=O) groups is 4. The molecule has 3 fully saturated rings. The van der Waals surface area contributed by atoms with Crippen molar-refractivity contribution in [3.8, 4) is 0 Å². The van der Waals surface area contributed by atoms with Gasteiger partial charge in [0.2, 0.25) is 23.6 Å². The highest BCUT2D eigenvalue weighted by molar-refractivity contribution is 7.09. The zero-order chi connectivity index (χ0) is 40.7. The average molecular weight is 796 g/mol. The number of methoxy groups -OCH3 is 2. The molecule has 4 amide bonds. The minimum absolute atomic E-state index is 0.000344. The van der Waals surface area contributed by atoms with E-state index in [0.29, 0.717) is 37.0 Å². The molecule has 1 aromatic heterocycles. The zero-order valence-electron chi connectivity index (χ0n) is 34.5. The molecule has 2 aliphatic heterocycles. The number of ether oxygens (including phenoxy) is 2. The topological polar surface area (TPSA) is 168 Å². The zero-order valence-corrected chi connectivity index (χ0v) is 35.3. The Bertz CT molecular complexity index is 1630. The maximum Gasteiger partial charge on any atom is 0.245 e. The maximum atomic E-state index is 14.3. The van der Waals surface area contributed by atoms with Gasteiger partial charge in [-0.05, 0) is 74.0 Å². The molecule has 310 valence electrons. The summed E-state index contributed by atoms with van der Waals surface area (Å²) in [6.45, 7) is 10.4. The van der Waals surface area contributed by atoms with E-state index in [-0.39, 0.29) is 60.0 Å². The van der Waals surface area contributed by atoms with E-state index in [4.69, 9.17) is 15.2 Å². The summed E-state index contributed by atoms with van der Waals surface area (Å²) in [6.07, 6.45) is 6.51. The summed E-state index contributed by atoms with van der Waals surface area (Å²) in [5, 5.41) is 12.4. The minimum atomic E-state index is -0.715. The quantitative estimate of drug-likeness (QED) is 0.151. The number of hydrogen-bond donors (Lipinski definition) is 4. The number of likely N-dealkylation sites (tertiary alicyclic amines) is 1. The second-order valence-corrected chi connectivity index (χ2v) is 17.5. The van der Waals surface area contributed by atoms with Crippen LogP contribution in [-0.2, 0) is 35.1 Å². The summed E-state index contributed by atoms with van der Waals surface area (Å²) >= 11 is 1.48. The fourth-order valence-electron chi connectivity index (χ4n) is 9.30. The van der Waals surface area contributed by atoms with Crippen LogP contribution in [0, 0.1) is 23.7 Å². The smallest absolute Gasteiger partial charge is 0.245 e. The van der Waals surface area contributed by atoms with Crippen molar-refractivity contribution in [3.05, 3.63) is 46.4 Å². The summed E-state index contributed by atoms with van der Waals surface area (Å²) < 4.78 is 12.1. The number of aromatic nitrogens is 1. The van der Waals surface area contributed by atoms with Crippen molar-refractivity contribution in [3.63, 3.8) is 0 Å². The molecule has 2 saturated heterocycles. The number of hydrogen-bond acceptors (Lipinski definition) is 10. The first kappa shape index (κ1) is 43.5. The largest absolute Gasteiger partial charge is 0.399 e. The number of nitrogens with zero attached hydrogens (tertiary/aromatic N) is 3. The summed E-state index contributed by atoms with van der Waals surface area (Å²) in [5.41, 5.74) is 7.69. The number of thiazole rings is 1. The predicted molar refractivity (Wildman–Crippen MR) is 219 cm³/mol. The lowest BCUT2D eigenvalue weighted by molar-refractivity contribution is -0.147. The van der Waals surface area contributed by atoms with E-state index < -0.39 is 30.2 Å². The summed E-state index contributed by atoms with van der Waals surface area (Å²) in [7, 11) is 4.94. The van der Waals surface area contributed by atoms with Crippen LogP contribution in [0.15, 0.2) is 35.8 Å². The van der Waals surface area contributed by atoms with Gasteiger partial charge in [-0.2, -0.15) is 0 Å². The van der Waals surface area contributed by atoms with Crippen LogP contribution in [0.25, 0.3) is 0 Å². The Hall–Kier alpha value is -3.59. The average Bonchev–Trinajstić information content (AvgIpc) is 4.03. The molecule has 3 aliphatic rings. The molecule has 1 aliphatic carbocycles. The minimum Gasteiger partial charge on any atom is -0.399 e. The molecule has 0 radical (unpaired) electrons. The summed E-state index contributed by atoms with van der Waals surface area (Å²) in [5.74, 6) is -1.01. The highest BCUT2D eigenvalue weighted by atomic mass is 32.1. The Morgan fingerprint density at radius 3 is 2.45 bits per heavy atom. The van der Waals surface area contributed by atoms with Crippen molar-refractivity contribution in [1.29, 1.82) is 0 Å². The van der Waals surface area contributed by atoms with Crippen LogP contribution < -0.4 is 21.7 Å². The standard InChI is InChI=1S/C42H65N7O6S/c1-9-25(4)37(48(6)42(53)35(24(2)3)47-40(52)36-28-15-16-30(22-28)45-36)33(54-7)23-34(50)49-18-11-14-32(49)38(55-8)26(5)39(51)46-31(41-44-17-19-56-41)21-27-12-10-13-29(43)20-27/h10,12-13,17,19-20,24-26,28,30-33,35-38,45H,9,11,14-16,18,21-23,43H2,1-8H3,(H,46,51)(H,47,52). The van der Waals surface area contributed by atoms with Crippen molar-refractivity contribution in [2.45, 2.75) is 134 Å². The summed E-state index contributed by atoms with van der Waals surface area (Å²) in [6, 6.07) is 5.91. The molecule has 2 aromatic rings. The van der Waals surface area contributed by atoms with Crippen LogP contribution in [-0.4, -0.2) is 109 Å². The Balaban J connectivity index is 1.26. The third-order valence-electron chi connectivity index (χ3n) is 12.6. The third kappa shape index (κ3) is 10.1. The summed E-state index contributed by atoms with van der Waals surface area (Å²) in [4.78, 5) is 64.0. The van der Waals surface area contributed by atoms with Gasteiger partial charge < -0.3 is 41.0 Å². The van der Waals surface area contributed by atoms with Crippen LogP contribution in [0.4, 0.5) is 5.69 Å². The number of nitrogens with two attached hydrogens (primary N) is 1. The number of nitrogens with one attached hydrogen (secondary N) is 3. The molecule has 1 aromatic carbocycles. The van der Waals surface area contributed by atoms with Crippen molar-refractivity contribution in [2.24, 2.45) is 23.7 Å². The molecular weight excluding hydrogens is 731 g/mol. The van der Waals surface area contributed by atoms with Crippen molar-refractivity contribution < 1.29 is 28.7 Å². The third-order valence-corrected chi connectivity index (χ3v) is 13.5. The van der Waals surface area contributed by atoms with Crippen LogP contribution in [0.5, 0.6) is 0 Å². The van der Waals surface area contributed by atoms with E-state index in [0.717, 1.165) is 42.7 Å². The van der Waals surface area contributed by atoms with Gasteiger partial charge in [-0.1, -0.05) is 53.2 Å². The second kappa shape index (κ2) is 19.7. The number of fused-ring (bicyclic) bond motifs is 2. The van der Waals surface area contributed by atoms with E-state index >= 15 is 0 Å². The van der Waals surface area contributed by atoms with Crippen molar-refractivity contribution >= 4 is 40.7 Å². The lowest BCUT2D eigenvalue weighted by Crippen LogP contribution is -2.59. The van der Waals surface area contributed by atoms with E-state index in [9.17, 15) is 19.2 Å². The monoisotopic (exact) mass is 795 g/mol. The molecule has 3 heterocycles. The van der Waals surface area contributed by atoms with Crippen LogP contribution in [0.2, 0.25) is 0 Å². The normalized spacial score (nSPS) is 24.3. The fourth-order valence-corrected chi connectivity index (χ4v) is 9.99. The molecule has 11 atom stereocenters. The van der Waals surface area contributed by atoms with E-state index in [1.165, 1.54) is 11.3 Å². The van der Waals surface area contributed by atoms with Gasteiger partial charge in [0, 0.05) is 51.1 Å². The number of rotatable bonds is 19. The highest BCUT2D eigenvalue weighted by Gasteiger charge is 2.46. The number of anilines is 1. The first-order valence-electron chi connectivity index (χ1n) is 20.5. The molecule has 5 rings (SSSR count). The molecule has 1 saturated carbocycles. The molecule has 0 spiro atoms. The maximum absolute atomic E-state index is 14.3. The van der Waals surface area contributed by atoms with Gasteiger partial charge in [0.1, 0.15) is 11.0 Å². The molecule has 13 nitrogen and oxygen atoms in total. The number of likely N-dealkylation sites (N-methyl/N-ethyl adjacent to an activating group) is 1. The first-order valence-corrected chi connectivity index (χ1v) is 21.4.